The molecule has 0 aromatic heterocycles. The molecule has 0 unspecified atom stereocenters. The van der Waals surface area contributed by atoms with Crippen LogP contribution in [-0.4, -0.2) is 35.4 Å². The number of ether oxygens (including phenoxy) is 2. The number of rotatable bonds is 7. The molecule has 2 N–H and O–H groups in total. The maximum atomic E-state index is 10.8. The van der Waals surface area contributed by atoms with Gasteiger partial charge in [-0.1, -0.05) is 12.1 Å². The molecule has 0 saturated heterocycles. The minimum atomic E-state index is -1.02. The second-order valence-electron chi connectivity index (χ2n) is 4.36. The number of hydrogen-bond donors (Lipinski definition) is 2. The van der Waals surface area contributed by atoms with E-state index in [0.29, 0.717) is 11.5 Å². The predicted octanol–water partition coefficient (Wildman–Crippen LogP) is 2.54. The Morgan fingerprint density at radius 3 is 1.55 bits per heavy atom. The lowest BCUT2D eigenvalue weighted by atomic mass is 10.2. The first kappa shape index (κ1) is 15.4. The van der Waals surface area contributed by atoms with Gasteiger partial charge in [0.15, 0.2) is 0 Å². The normalized spacial score (nSPS) is 10.0. The van der Waals surface area contributed by atoms with Crippen LogP contribution in [0.5, 0.6) is 11.5 Å². The summed E-state index contributed by atoms with van der Waals surface area (Å²) in [6, 6.07) is 12.3. The summed E-state index contributed by atoms with van der Waals surface area (Å²) < 4.78 is 10.8. The molecular formula is C16H14O6. The Hall–Kier alpha value is -3.02. The summed E-state index contributed by atoms with van der Waals surface area (Å²) in [5.74, 6) is -1.18. The molecule has 0 radical (unpaired) electrons. The van der Waals surface area contributed by atoms with Gasteiger partial charge in [0.05, 0.1) is 11.1 Å². The van der Waals surface area contributed by atoms with Gasteiger partial charge in [0.25, 0.3) is 0 Å². The van der Waals surface area contributed by atoms with Crippen LogP contribution in [0.15, 0.2) is 48.5 Å². The molecular weight excluding hydrogens is 288 g/mol. The van der Waals surface area contributed by atoms with Crippen molar-refractivity contribution in [2.24, 2.45) is 0 Å². The molecule has 0 aliphatic carbocycles. The molecule has 2 rings (SSSR count). The third kappa shape index (κ3) is 4.24. The first-order chi connectivity index (χ1) is 10.6. The highest BCUT2D eigenvalue weighted by Crippen LogP contribution is 2.15. The maximum absolute atomic E-state index is 10.8. The molecule has 0 amide bonds. The minimum Gasteiger partial charge on any atom is -0.490 e. The summed E-state index contributed by atoms with van der Waals surface area (Å²) >= 11 is 0. The molecule has 0 spiro atoms. The zero-order chi connectivity index (χ0) is 15.9. The average Bonchev–Trinajstić information content (AvgIpc) is 2.52. The Morgan fingerprint density at radius 1 is 0.773 bits per heavy atom. The minimum absolute atomic E-state index is 0.146. The highest BCUT2D eigenvalue weighted by molar-refractivity contribution is 5.88. The van der Waals surface area contributed by atoms with Crippen molar-refractivity contribution in [3.63, 3.8) is 0 Å². The summed E-state index contributed by atoms with van der Waals surface area (Å²) in [5.41, 5.74) is 0.292. The van der Waals surface area contributed by atoms with Crippen molar-refractivity contribution in [2.45, 2.75) is 0 Å². The Bertz CT molecular complexity index is 620. The van der Waals surface area contributed by atoms with Crippen LogP contribution in [0.2, 0.25) is 0 Å². The van der Waals surface area contributed by atoms with Crippen molar-refractivity contribution < 1.29 is 29.3 Å². The molecule has 22 heavy (non-hydrogen) atoms. The average molecular weight is 302 g/mol. The molecule has 6 heteroatoms. The fraction of sp³-hybridized carbons (Fsp3) is 0.125. The van der Waals surface area contributed by atoms with Gasteiger partial charge in [0.1, 0.15) is 24.7 Å². The Balaban J connectivity index is 1.84. The van der Waals surface area contributed by atoms with Crippen molar-refractivity contribution in [1.29, 1.82) is 0 Å². The van der Waals surface area contributed by atoms with Crippen molar-refractivity contribution in [3.05, 3.63) is 59.7 Å². The van der Waals surface area contributed by atoms with Gasteiger partial charge in [-0.2, -0.15) is 0 Å². The van der Waals surface area contributed by atoms with E-state index in [-0.39, 0.29) is 24.3 Å². The van der Waals surface area contributed by atoms with Crippen LogP contribution in [0, 0.1) is 0 Å². The summed E-state index contributed by atoms with van der Waals surface area (Å²) in [7, 11) is 0. The lowest BCUT2D eigenvalue weighted by Crippen LogP contribution is -2.09. The lowest BCUT2D eigenvalue weighted by molar-refractivity contribution is 0.0685. The van der Waals surface area contributed by atoms with Gasteiger partial charge in [0.2, 0.25) is 0 Å². The van der Waals surface area contributed by atoms with Gasteiger partial charge in [0, 0.05) is 0 Å². The predicted molar refractivity (Wildman–Crippen MR) is 77.8 cm³/mol. The van der Waals surface area contributed by atoms with Crippen molar-refractivity contribution >= 4 is 11.9 Å². The maximum Gasteiger partial charge on any atom is 0.335 e. The largest absolute Gasteiger partial charge is 0.490 e. The summed E-state index contributed by atoms with van der Waals surface area (Å²) in [6.45, 7) is 0.417. The topological polar surface area (TPSA) is 93.1 Å². The molecule has 114 valence electrons. The van der Waals surface area contributed by atoms with Gasteiger partial charge in [-0.05, 0) is 36.4 Å². The number of carbonyl (C=O) groups is 2. The summed E-state index contributed by atoms with van der Waals surface area (Å²) in [6.07, 6.45) is 0. The molecule has 0 aliphatic heterocycles. The highest BCUT2D eigenvalue weighted by atomic mass is 16.5. The number of hydrogen-bond acceptors (Lipinski definition) is 4. The van der Waals surface area contributed by atoms with E-state index < -0.39 is 11.9 Å². The van der Waals surface area contributed by atoms with Gasteiger partial charge in [-0.25, -0.2) is 9.59 Å². The van der Waals surface area contributed by atoms with E-state index >= 15 is 0 Å². The third-order valence-electron chi connectivity index (χ3n) is 2.78. The number of aromatic carboxylic acids is 2. The van der Waals surface area contributed by atoms with E-state index in [0.717, 1.165) is 0 Å². The van der Waals surface area contributed by atoms with Crippen LogP contribution >= 0.6 is 0 Å². The zero-order valence-corrected chi connectivity index (χ0v) is 11.6. The fourth-order valence-electron chi connectivity index (χ4n) is 1.76. The Labute approximate surface area is 126 Å². The monoisotopic (exact) mass is 302 g/mol. The molecule has 0 bridgehead atoms. The van der Waals surface area contributed by atoms with E-state index in [9.17, 15) is 9.59 Å². The van der Waals surface area contributed by atoms with Crippen LogP contribution in [0.25, 0.3) is 0 Å². The molecule has 2 aromatic rings. The molecule has 0 aliphatic rings. The first-order valence-electron chi connectivity index (χ1n) is 6.48. The molecule has 0 saturated carbocycles. The summed E-state index contributed by atoms with van der Waals surface area (Å²) in [4.78, 5) is 21.7. The second-order valence-corrected chi connectivity index (χ2v) is 4.36. The molecule has 6 nitrogen and oxygen atoms in total. The highest BCUT2D eigenvalue weighted by Gasteiger charge is 2.05. The number of carboxylic acid groups (broad SMARTS) is 2. The van der Waals surface area contributed by atoms with E-state index in [4.69, 9.17) is 19.7 Å². The first-order valence-corrected chi connectivity index (χ1v) is 6.48. The SMILES string of the molecule is O=C(O)c1cccc(OCCOc2cccc(C(=O)O)c2)c1. The summed E-state index contributed by atoms with van der Waals surface area (Å²) in [5, 5.41) is 17.7. The number of carboxylic acids is 2. The zero-order valence-electron chi connectivity index (χ0n) is 11.6. The van der Waals surface area contributed by atoms with E-state index in [2.05, 4.69) is 0 Å². The van der Waals surface area contributed by atoms with E-state index in [1.165, 1.54) is 24.3 Å². The van der Waals surface area contributed by atoms with Crippen LogP contribution in [0.3, 0.4) is 0 Å². The Kier molecular flexibility index (Phi) is 4.98. The van der Waals surface area contributed by atoms with Crippen molar-refractivity contribution in [2.75, 3.05) is 13.2 Å². The molecule has 0 fully saturated rings. The van der Waals surface area contributed by atoms with Gasteiger partial charge in [-0.3, -0.25) is 0 Å². The molecule has 0 atom stereocenters. The lowest BCUT2D eigenvalue weighted by Gasteiger charge is -2.09. The van der Waals surface area contributed by atoms with Crippen molar-refractivity contribution in [3.8, 4) is 11.5 Å². The van der Waals surface area contributed by atoms with Crippen LogP contribution in [0.4, 0.5) is 0 Å². The standard InChI is InChI=1S/C16H14O6/c17-15(18)11-3-1-5-13(9-11)21-7-8-22-14-6-2-4-12(10-14)16(19)20/h1-6,9-10H,7-8H2,(H,17,18)(H,19,20). The van der Waals surface area contributed by atoms with Crippen LogP contribution < -0.4 is 9.47 Å². The fourth-order valence-corrected chi connectivity index (χ4v) is 1.76. The molecule has 2 aromatic carbocycles. The molecule has 0 heterocycles. The van der Waals surface area contributed by atoms with E-state index in [1.807, 2.05) is 0 Å². The van der Waals surface area contributed by atoms with Gasteiger partial charge >= 0.3 is 11.9 Å². The van der Waals surface area contributed by atoms with E-state index in [1.54, 1.807) is 24.3 Å². The van der Waals surface area contributed by atoms with Crippen molar-refractivity contribution in [1.82, 2.24) is 0 Å². The van der Waals surface area contributed by atoms with Crippen LogP contribution in [-0.2, 0) is 0 Å². The Morgan fingerprint density at radius 2 is 1.18 bits per heavy atom. The number of benzene rings is 2. The van der Waals surface area contributed by atoms with Gasteiger partial charge in [-0.15, -0.1) is 0 Å². The second kappa shape index (κ2) is 7.12. The quantitative estimate of drug-likeness (QED) is 0.763. The van der Waals surface area contributed by atoms with Gasteiger partial charge < -0.3 is 19.7 Å². The third-order valence-corrected chi connectivity index (χ3v) is 2.78. The van der Waals surface area contributed by atoms with Crippen LogP contribution in [0.1, 0.15) is 20.7 Å². The smallest absolute Gasteiger partial charge is 0.335 e.